The van der Waals surface area contributed by atoms with Crippen LogP contribution in [0.3, 0.4) is 0 Å². The van der Waals surface area contributed by atoms with Gasteiger partial charge in [0.25, 0.3) is 0 Å². The van der Waals surface area contributed by atoms with Crippen LogP contribution in [-0.4, -0.2) is 18.7 Å². The van der Waals surface area contributed by atoms with Crippen molar-refractivity contribution in [1.29, 1.82) is 0 Å². The summed E-state index contributed by atoms with van der Waals surface area (Å²) in [6.45, 7) is 3.20. The molecule has 0 aliphatic carbocycles. The van der Waals surface area contributed by atoms with Crippen molar-refractivity contribution in [3.63, 3.8) is 0 Å². The Bertz CT molecular complexity index is 576. The van der Waals surface area contributed by atoms with Crippen molar-refractivity contribution in [3.8, 4) is 11.5 Å². The Balaban J connectivity index is 2.17. The average Bonchev–Trinajstić information content (AvgIpc) is 2.47. The van der Waals surface area contributed by atoms with Crippen molar-refractivity contribution in [3.05, 3.63) is 46.7 Å². The van der Waals surface area contributed by atoms with Gasteiger partial charge in [0.15, 0.2) is 11.5 Å². The molecule has 0 fully saturated rings. The number of methoxy groups -OCH3 is 1. The van der Waals surface area contributed by atoms with Crippen molar-refractivity contribution in [2.45, 2.75) is 13.5 Å². The van der Waals surface area contributed by atoms with Crippen molar-refractivity contribution >= 4 is 21.6 Å². The van der Waals surface area contributed by atoms with Gasteiger partial charge in [-0.25, -0.2) is 4.98 Å². The lowest BCUT2D eigenvalue weighted by Gasteiger charge is -2.14. The highest BCUT2D eigenvalue weighted by Crippen LogP contribution is 2.31. The fraction of sp³-hybridized carbons (Fsp3) is 0.267. The first-order valence-electron chi connectivity index (χ1n) is 6.39. The molecule has 0 aliphatic rings. The van der Waals surface area contributed by atoms with E-state index in [0.717, 1.165) is 27.4 Å². The highest BCUT2D eigenvalue weighted by atomic mass is 79.9. The normalized spacial score (nSPS) is 10.2. The molecule has 0 spiro atoms. The van der Waals surface area contributed by atoms with Gasteiger partial charge < -0.3 is 14.8 Å². The summed E-state index contributed by atoms with van der Waals surface area (Å²) in [4.78, 5) is 4.18. The van der Waals surface area contributed by atoms with E-state index < -0.39 is 0 Å². The molecule has 4 nitrogen and oxygen atoms in total. The largest absolute Gasteiger partial charge is 0.493 e. The minimum absolute atomic E-state index is 0.612. The van der Waals surface area contributed by atoms with Gasteiger partial charge >= 0.3 is 0 Å². The molecule has 1 aromatic carbocycles. The molecule has 1 N–H and O–H groups in total. The van der Waals surface area contributed by atoms with Crippen LogP contribution in [0.15, 0.2) is 41.1 Å². The van der Waals surface area contributed by atoms with E-state index in [2.05, 4.69) is 26.2 Å². The van der Waals surface area contributed by atoms with Gasteiger partial charge in [0, 0.05) is 18.3 Å². The van der Waals surface area contributed by atoms with Crippen LogP contribution in [0.4, 0.5) is 5.69 Å². The van der Waals surface area contributed by atoms with Gasteiger partial charge in [-0.2, -0.15) is 0 Å². The maximum atomic E-state index is 5.57. The van der Waals surface area contributed by atoms with Crippen molar-refractivity contribution in [2.75, 3.05) is 19.0 Å². The second-order valence-electron chi connectivity index (χ2n) is 4.08. The van der Waals surface area contributed by atoms with Crippen LogP contribution >= 0.6 is 15.9 Å². The van der Waals surface area contributed by atoms with Crippen molar-refractivity contribution in [2.24, 2.45) is 0 Å². The van der Waals surface area contributed by atoms with E-state index in [-0.39, 0.29) is 0 Å². The van der Waals surface area contributed by atoms with E-state index >= 15 is 0 Å². The summed E-state index contributed by atoms with van der Waals surface area (Å²) in [6.07, 6.45) is 1.74. The van der Waals surface area contributed by atoms with E-state index in [0.29, 0.717) is 13.2 Å². The van der Waals surface area contributed by atoms with Crippen LogP contribution in [0.25, 0.3) is 0 Å². The maximum absolute atomic E-state index is 5.57. The molecule has 2 rings (SSSR count). The predicted molar refractivity (Wildman–Crippen MR) is 83.4 cm³/mol. The fourth-order valence-electron chi connectivity index (χ4n) is 1.91. The molecule has 0 radical (unpaired) electrons. The SMILES string of the molecule is CCOc1cccc(CNc2cccnc2Br)c1OC. The van der Waals surface area contributed by atoms with Crippen LogP contribution in [0, 0.1) is 0 Å². The van der Waals surface area contributed by atoms with Gasteiger partial charge in [0.05, 0.1) is 19.4 Å². The number of hydrogen-bond acceptors (Lipinski definition) is 4. The topological polar surface area (TPSA) is 43.4 Å². The number of benzene rings is 1. The minimum Gasteiger partial charge on any atom is -0.493 e. The van der Waals surface area contributed by atoms with E-state index in [4.69, 9.17) is 9.47 Å². The number of pyridine rings is 1. The lowest BCUT2D eigenvalue weighted by Crippen LogP contribution is -2.04. The van der Waals surface area contributed by atoms with Crippen LogP contribution in [0.2, 0.25) is 0 Å². The van der Waals surface area contributed by atoms with Gasteiger partial charge in [-0.3, -0.25) is 0 Å². The molecule has 1 aromatic heterocycles. The number of hydrogen-bond donors (Lipinski definition) is 1. The third-order valence-electron chi connectivity index (χ3n) is 2.79. The first kappa shape index (κ1) is 14.7. The summed E-state index contributed by atoms with van der Waals surface area (Å²) in [5.41, 5.74) is 1.98. The first-order chi connectivity index (χ1) is 9.76. The first-order valence-corrected chi connectivity index (χ1v) is 7.18. The maximum Gasteiger partial charge on any atom is 0.165 e. The zero-order valence-corrected chi connectivity index (χ0v) is 13.1. The number of halogens is 1. The number of ether oxygens (including phenoxy) is 2. The highest BCUT2D eigenvalue weighted by molar-refractivity contribution is 9.10. The molecular weight excluding hydrogens is 320 g/mol. The predicted octanol–water partition coefficient (Wildman–Crippen LogP) is 3.86. The number of nitrogens with zero attached hydrogens (tertiary/aromatic N) is 1. The van der Waals surface area contributed by atoms with Crippen LogP contribution < -0.4 is 14.8 Å². The lowest BCUT2D eigenvalue weighted by molar-refractivity contribution is 0.309. The Hall–Kier alpha value is -1.75. The number of anilines is 1. The van der Waals surface area contributed by atoms with Gasteiger partial charge in [-0.15, -0.1) is 0 Å². The standard InChI is InChI=1S/C15H17BrN2O2/c1-3-20-13-8-4-6-11(14(13)19-2)10-18-12-7-5-9-17-15(12)16/h4-9,18H,3,10H2,1-2H3. The summed E-state index contributed by atoms with van der Waals surface area (Å²) in [5, 5.41) is 3.33. The Labute approximate surface area is 127 Å². The Morgan fingerprint density at radius 2 is 2.10 bits per heavy atom. The molecule has 0 atom stereocenters. The fourth-order valence-corrected chi connectivity index (χ4v) is 2.30. The molecule has 1 heterocycles. The molecule has 0 bridgehead atoms. The van der Waals surface area contributed by atoms with E-state index in [1.54, 1.807) is 13.3 Å². The summed E-state index contributed by atoms with van der Waals surface area (Å²) < 4.78 is 11.8. The third kappa shape index (κ3) is 3.42. The molecule has 0 aliphatic heterocycles. The summed E-state index contributed by atoms with van der Waals surface area (Å²) in [5.74, 6) is 1.53. The third-order valence-corrected chi connectivity index (χ3v) is 3.42. The zero-order valence-electron chi connectivity index (χ0n) is 11.5. The van der Waals surface area contributed by atoms with Crippen LogP contribution in [0.1, 0.15) is 12.5 Å². The monoisotopic (exact) mass is 336 g/mol. The molecule has 0 saturated heterocycles. The number of para-hydroxylation sites is 1. The number of aromatic nitrogens is 1. The summed E-state index contributed by atoms with van der Waals surface area (Å²) >= 11 is 3.42. The van der Waals surface area contributed by atoms with Crippen LogP contribution in [0.5, 0.6) is 11.5 Å². The Morgan fingerprint density at radius 1 is 1.25 bits per heavy atom. The Morgan fingerprint density at radius 3 is 2.80 bits per heavy atom. The van der Waals surface area contributed by atoms with E-state index in [1.165, 1.54) is 0 Å². The molecular formula is C15H17BrN2O2. The molecule has 0 saturated carbocycles. The number of rotatable bonds is 6. The smallest absolute Gasteiger partial charge is 0.165 e. The van der Waals surface area contributed by atoms with Gasteiger partial charge in [0.1, 0.15) is 4.60 Å². The highest BCUT2D eigenvalue weighted by Gasteiger charge is 2.10. The molecule has 106 valence electrons. The minimum atomic E-state index is 0.612. The van der Waals surface area contributed by atoms with Gasteiger partial charge in [-0.05, 0) is 41.1 Å². The van der Waals surface area contributed by atoms with E-state index in [1.807, 2.05) is 37.3 Å². The van der Waals surface area contributed by atoms with Gasteiger partial charge in [-0.1, -0.05) is 12.1 Å². The van der Waals surface area contributed by atoms with Crippen molar-refractivity contribution in [1.82, 2.24) is 4.98 Å². The van der Waals surface area contributed by atoms with Crippen LogP contribution in [-0.2, 0) is 6.54 Å². The van der Waals surface area contributed by atoms with Crippen molar-refractivity contribution < 1.29 is 9.47 Å². The van der Waals surface area contributed by atoms with E-state index in [9.17, 15) is 0 Å². The quantitative estimate of drug-likeness (QED) is 0.813. The second kappa shape index (κ2) is 7.14. The van der Waals surface area contributed by atoms with Gasteiger partial charge in [0.2, 0.25) is 0 Å². The zero-order chi connectivity index (χ0) is 14.4. The molecule has 2 aromatic rings. The average molecular weight is 337 g/mol. The molecule has 0 amide bonds. The summed E-state index contributed by atoms with van der Waals surface area (Å²) in [6, 6.07) is 9.74. The Kier molecular flexibility index (Phi) is 5.24. The second-order valence-corrected chi connectivity index (χ2v) is 4.83. The molecule has 20 heavy (non-hydrogen) atoms. The number of nitrogens with one attached hydrogen (secondary N) is 1. The molecule has 0 unspecified atom stereocenters. The lowest BCUT2D eigenvalue weighted by atomic mass is 10.2. The molecule has 5 heteroatoms. The summed E-state index contributed by atoms with van der Waals surface area (Å²) in [7, 11) is 1.65.